The van der Waals surface area contributed by atoms with E-state index in [0.717, 1.165) is 5.56 Å². The lowest BCUT2D eigenvalue weighted by molar-refractivity contribution is 0.942. The van der Waals surface area contributed by atoms with Crippen LogP contribution in [-0.4, -0.2) is 17.9 Å². The molecule has 0 aromatic heterocycles. The highest BCUT2D eigenvalue weighted by Crippen LogP contribution is 2.19. The van der Waals surface area contributed by atoms with Gasteiger partial charge < -0.3 is 5.32 Å². The molecule has 0 atom stereocenters. The lowest BCUT2D eigenvalue weighted by Crippen LogP contribution is -2.31. The first-order valence-electron chi connectivity index (χ1n) is 4.76. The molecule has 3 nitrogen and oxygen atoms in total. The molecule has 0 aliphatic heterocycles. The van der Waals surface area contributed by atoms with Gasteiger partial charge in [0.15, 0.2) is 5.11 Å². The average molecular weight is 288 g/mol. The van der Waals surface area contributed by atoms with Crippen molar-refractivity contribution in [1.82, 2.24) is 10.7 Å². The molecule has 90 valence electrons. The molecule has 1 rings (SSSR count). The summed E-state index contributed by atoms with van der Waals surface area (Å²) in [7, 11) is 0. The number of thiocarbonyl (C=S) groups is 1. The highest BCUT2D eigenvalue weighted by atomic mass is 35.5. The smallest absolute Gasteiger partial charge is 0.187 e. The van der Waals surface area contributed by atoms with Gasteiger partial charge in [-0.2, -0.15) is 5.10 Å². The van der Waals surface area contributed by atoms with Crippen LogP contribution in [0.25, 0.3) is 0 Å². The normalized spacial score (nSPS) is 10.2. The third-order valence-corrected chi connectivity index (χ3v) is 2.54. The summed E-state index contributed by atoms with van der Waals surface area (Å²) in [6, 6.07) is 5.16. The van der Waals surface area contributed by atoms with E-state index in [9.17, 15) is 0 Å². The van der Waals surface area contributed by atoms with E-state index in [4.69, 9.17) is 35.4 Å². The van der Waals surface area contributed by atoms with E-state index >= 15 is 0 Å². The zero-order chi connectivity index (χ0) is 12.7. The molecule has 1 aromatic rings. The molecule has 0 aliphatic carbocycles. The summed E-state index contributed by atoms with van der Waals surface area (Å²) in [6.45, 7) is 4.15. The minimum absolute atomic E-state index is 0.422. The first-order chi connectivity index (χ1) is 8.13. The zero-order valence-electron chi connectivity index (χ0n) is 8.91. The number of hydrogen-bond acceptors (Lipinski definition) is 2. The number of benzene rings is 1. The standard InChI is InChI=1S/C11H11Cl2N3S/c1-2-5-14-11(17)16-15-7-8-3-4-9(12)6-10(8)13/h2-4,6-7H,1,5H2,(H2,14,16,17). The lowest BCUT2D eigenvalue weighted by atomic mass is 10.2. The third kappa shape index (κ3) is 5.17. The van der Waals surface area contributed by atoms with Crippen LogP contribution in [0.15, 0.2) is 36.0 Å². The molecule has 0 saturated carbocycles. The number of halogens is 2. The van der Waals surface area contributed by atoms with Crippen molar-refractivity contribution in [3.05, 3.63) is 46.5 Å². The summed E-state index contributed by atoms with van der Waals surface area (Å²) < 4.78 is 0. The van der Waals surface area contributed by atoms with E-state index < -0.39 is 0 Å². The van der Waals surface area contributed by atoms with Crippen LogP contribution in [0.3, 0.4) is 0 Å². The van der Waals surface area contributed by atoms with Crippen molar-refractivity contribution in [2.75, 3.05) is 6.54 Å². The Morgan fingerprint density at radius 2 is 2.24 bits per heavy atom. The van der Waals surface area contributed by atoms with Crippen LogP contribution in [0.2, 0.25) is 10.0 Å². The molecule has 0 saturated heterocycles. The zero-order valence-corrected chi connectivity index (χ0v) is 11.2. The Kier molecular flexibility index (Phi) is 5.97. The van der Waals surface area contributed by atoms with Crippen molar-refractivity contribution >= 4 is 46.7 Å². The molecule has 0 spiro atoms. The predicted octanol–water partition coefficient (Wildman–Crippen LogP) is 2.98. The maximum absolute atomic E-state index is 5.96. The van der Waals surface area contributed by atoms with Crippen LogP contribution in [0.4, 0.5) is 0 Å². The molecule has 0 radical (unpaired) electrons. The van der Waals surface area contributed by atoms with Gasteiger partial charge in [-0.1, -0.05) is 35.3 Å². The number of nitrogens with one attached hydrogen (secondary N) is 2. The molecule has 0 amide bonds. The van der Waals surface area contributed by atoms with Gasteiger partial charge in [0.25, 0.3) is 0 Å². The van der Waals surface area contributed by atoms with Gasteiger partial charge in [0.05, 0.1) is 11.2 Å². The average Bonchev–Trinajstić information content (AvgIpc) is 2.29. The van der Waals surface area contributed by atoms with Crippen LogP contribution >= 0.6 is 35.4 Å². The molecule has 0 bridgehead atoms. The van der Waals surface area contributed by atoms with Gasteiger partial charge in [-0.3, -0.25) is 5.43 Å². The van der Waals surface area contributed by atoms with Gasteiger partial charge in [0.2, 0.25) is 0 Å². The van der Waals surface area contributed by atoms with E-state index in [-0.39, 0.29) is 0 Å². The Labute approximate surface area is 115 Å². The van der Waals surface area contributed by atoms with Crippen molar-refractivity contribution in [2.24, 2.45) is 5.10 Å². The fraction of sp³-hybridized carbons (Fsp3) is 0.0909. The number of rotatable bonds is 4. The van der Waals surface area contributed by atoms with Crippen molar-refractivity contribution < 1.29 is 0 Å². The monoisotopic (exact) mass is 287 g/mol. The van der Waals surface area contributed by atoms with Crippen molar-refractivity contribution in [2.45, 2.75) is 0 Å². The fourth-order valence-electron chi connectivity index (χ4n) is 0.971. The predicted molar refractivity (Wildman–Crippen MR) is 78.0 cm³/mol. The molecule has 2 N–H and O–H groups in total. The second-order valence-corrected chi connectivity index (χ2v) is 4.29. The highest BCUT2D eigenvalue weighted by Gasteiger charge is 1.97. The van der Waals surface area contributed by atoms with Crippen LogP contribution in [0.1, 0.15) is 5.56 Å². The van der Waals surface area contributed by atoms with Gasteiger partial charge in [-0.25, -0.2) is 0 Å². The Hall–Kier alpha value is -1.10. The SMILES string of the molecule is C=CCNC(=S)NN=Cc1ccc(Cl)cc1Cl. The largest absolute Gasteiger partial charge is 0.358 e. The molecular formula is C11H11Cl2N3S. The van der Waals surface area contributed by atoms with Crippen LogP contribution in [0.5, 0.6) is 0 Å². The van der Waals surface area contributed by atoms with Crippen LogP contribution in [0, 0.1) is 0 Å². The van der Waals surface area contributed by atoms with Gasteiger partial charge in [0.1, 0.15) is 0 Å². The second kappa shape index (κ2) is 7.27. The van der Waals surface area contributed by atoms with E-state index in [1.165, 1.54) is 0 Å². The highest BCUT2D eigenvalue weighted by molar-refractivity contribution is 7.80. The van der Waals surface area contributed by atoms with Gasteiger partial charge in [-0.05, 0) is 24.4 Å². The summed E-state index contributed by atoms with van der Waals surface area (Å²) in [4.78, 5) is 0. The van der Waals surface area contributed by atoms with Crippen molar-refractivity contribution in [3.8, 4) is 0 Å². The lowest BCUT2D eigenvalue weighted by Gasteiger charge is -2.03. The van der Waals surface area contributed by atoms with E-state index in [2.05, 4.69) is 22.4 Å². The third-order valence-electron chi connectivity index (χ3n) is 1.74. The van der Waals surface area contributed by atoms with Gasteiger partial charge in [-0.15, -0.1) is 6.58 Å². The first-order valence-corrected chi connectivity index (χ1v) is 5.92. The molecule has 0 heterocycles. The van der Waals surface area contributed by atoms with Crippen molar-refractivity contribution in [1.29, 1.82) is 0 Å². The van der Waals surface area contributed by atoms with E-state index in [1.807, 2.05) is 0 Å². The summed E-state index contributed by atoms with van der Waals surface area (Å²) in [5, 5.41) is 8.37. The Bertz CT molecular complexity index is 446. The molecule has 0 aliphatic rings. The minimum Gasteiger partial charge on any atom is -0.358 e. The molecule has 0 fully saturated rings. The fourth-order valence-corrected chi connectivity index (χ4v) is 1.56. The summed E-state index contributed by atoms with van der Waals surface area (Å²) in [6.07, 6.45) is 3.27. The van der Waals surface area contributed by atoms with E-state index in [1.54, 1.807) is 30.5 Å². The Morgan fingerprint density at radius 1 is 1.47 bits per heavy atom. The molecule has 6 heteroatoms. The summed E-state index contributed by atoms with van der Waals surface area (Å²) in [5.41, 5.74) is 3.42. The number of nitrogens with zero attached hydrogens (tertiary/aromatic N) is 1. The van der Waals surface area contributed by atoms with Gasteiger partial charge >= 0.3 is 0 Å². The topological polar surface area (TPSA) is 36.4 Å². The minimum atomic E-state index is 0.422. The summed E-state index contributed by atoms with van der Waals surface area (Å²) in [5.74, 6) is 0. The van der Waals surface area contributed by atoms with E-state index in [0.29, 0.717) is 21.7 Å². The quantitative estimate of drug-likeness (QED) is 0.387. The second-order valence-electron chi connectivity index (χ2n) is 3.03. The molecule has 17 heavy (non-hydrogen) atoms. The number of hydrazone groups is 1. The molecule has 0 unspecified atom stereocenters. The van der Waals surface area contributed by atoms with Crippen LogP contribution < -0.4 is 10.7 Å². The maximum atomic E-state index is 5.96. The molecule has 1 aromatic carbocycles. The van der Waals surface area contributed by atoms with Gasteiger partial charge in [0, 0.05) is 17.1 Å². The number of hydrogen-bond donors (Lipinski definition) is 2. The van der Waals surface area contributed by atoms with Crippen molar-refractivity contribution in [3.63, 3.8) is 0 Å². The van der Waals surface area contributed by atoms with Crippen LogP contribution in [-0.2, 0) is 0 Å². The Balaban J connectivity index is 2.53. The maximum Gasteiger partial charge on any atom is 0.187 e. The summed E-state index contributed by atoms with van der Waals surface area (Å²) >= 11 is 16.7. The Morgan fingerprint density at radius 3 is 2.88 bits per heavy atom. The molecular weight excluding hydrogens is 277 g/mol. The first kappa shape index (κ1) is 14.0.